The summed E-state index contributed by atoms with van der Waals surface area (Å²) in [6, 6.07) is 15.5. The van der Waals surface area contributed by atoms with Crippen molar-refractivity contribution in [3.05, 3.63) is 75.3 Å². The van der Waals surface area contributed by atoms with Crippen molar-refractivity contribution in [2.75, 3.05) is 0 Å². The van der Waals surface area contributed by atoms with E-state index in [-0.39, 0.29) is 11.4 Å². The third-order valence-corrected chi connectivity index (χ3v) is 3.56. The maximum absolute atomic E-state index is 12.4. The second-order valence-corrected chi connectivity index (χ2v) is 5.33. The molecular formula is C17H11Cl2NO. The minimum Gasteiger partial charge on any atom is -0.288 e. The highest BCUT2D eigenvalue weighted by Gasteiger charge is 2.16. The molecule has 104 valence electrons. The summed E-state index contributed by atoms with van der Waals surface area (Å²) in [5.41, 5.74) is 1.87. The predicted octanol–water partition coefficient (Wildman–Crippen LogP) is 5.17. The number of allylic oxidation sites excluding steroid dienone is 2. The van der Waals surface area contributed by atoms with E-state index in [4.69, 9.17) is 23.2 Å². The van der Waals surface area contributed by atoms with Crippen molar-refractivity contribution in [3.63, 3.8) is 0 Å². The van der Waals surface area contributed by atoms with Gasteiger partial charge in [-0.25, -0.2) is 0 Å². The van der Waals surface area contributed by atoms with Gasteiger partial charge >= 0.3 is 0 Å². The standard InChI is InChI=1S/C17H11Cl2NO/c1-11(13-3-2-4-15(19)9-13)16(10-20)17(21)12-5-7-14(18)8-6-12/h2-9H,1H3/b16-11-. The number of Topliss-reactive ketones (excluding diaryl/α,β-unsaturated/α-hetero) is 1. The Morgan fingerprint density at radius 3 is 2.24 bits per heavy atom. The van der Waals surface area contributed by atoms with Crippen molar-refractivity contribution in [3.8, 4) is 6.07 Å². The summed E-state index contributed by atoms with van der Waals surface area (Å²) in [6.45, 7) is 1.73. The maximum Gasteiger partial charge on any atom is 0.203 e. The molecule has 0 aliphatic rings. The van der Waals surface area contributed by atoms with E-state index in [1.165, 1.54) is 0 Å². The molecule has 0 saturated heterocycles. The van der Waals surface area contributed by atoms with Crippen LogP contribution in [0.15, 0.2) is 54.1 Å². The number of hydrogen-bond acceptors (Lipinski definition) is 2. The Balaban J connectivity index is 2.47. The highest BCUT2D eigenvalue weighted by molar-refractivity contribution is 6.31. The fourth-order valence-corrected chi connectivity index (χ4v) is 2.23. The molecule has 2 nitrogen and oxygen atoms in total. The van der Waals surface area contributed by atoms with Gasteiger partial charge in [-0.15, -0.1) is 0 Å². The van der Waals surface area contributed by atoms with Crippen molar-refractivity contribution >= 4 is 34.6 Å². The molecule has 0 aliphatic carbocycles. The normalized spacial score (nSPS) is 11.5. The topological polar surface area (TPSA) is 40.9 Å². The lowest BCUT2D eigenvalue weighted by Gasteiger charge is -2.06. The van der Waals surface area contributed by atoms with Gasteiger partial charge in [-0.2, -0.15) is 5.26 Å². The van der Waals surface area contributed by atoms with Crippen molar-refractivity contribution < 1.29 is 4.79 Å². The summed E-state index contributed by atoms with van der Waals surface area (Å²) >= 11 is 11.7. The second kappa shape index (κ2) is 6.58. The Morgan fingerprint density at radius 1 is 1.00 bits per heavy atom. The highest BCUT2D eigenvalue weighted by Crippen LogP contribution is 2.24. The van der Waals surface area contributed by atoms with Gasteiger partial charge < -0.3 is 0 Å². The van der Waals surface area contributed by atoms with E-state index in [0.717, 1.165) is 5.56 Å². The van der Waals surface area contributed by atoms with Gasteiger partial charge in [0.05, 0.1) is 0 Å². The van der Waals surface area contributed by atoms with Gasteiger partial charge in [0.2, 0.25) is 5.78 Å². The molecule has 0 heterocycles. The fraction of sp³-hybridized carbons (Fsp3) is 0.0588. The van der Waals surface area contributed by atoms with Crippen LogP contribution in [0.2, 0.25) is 10.0 Å². The lowest BCUT2D eigenvalue weighted by molar-refractivity contribution is 0.103. The number of benzene rings is 2. The number of rotatable bonds is 3. The first-order valence-corrected chi connectivity index (χ1v) is 6.95. The van der Waals surface area contributed by atoms with Gasteiger partial charge in [-0.3, -0.25) is 4.79 Å². The van der Waals surface area contributed by atoms with Crippen molar-refractivity contribution in [2.45, 2.75) is 6.92 Å². The predicted molar refractivity (Wildman–Crippen MR) is 85.4 cm³/mol. The van der Waals surface area contributed by atoms with Crippen LogP contribution in [0.3, 0.4) is 0 Å². The van der Waals surface area contributed by atoms with Crippen LogP contribution in [0.5, 0.6) is 0 Å². The molecule has 2 aromatic rings. The highest BCUT2D eigenvalue weighted by atomic mass is 35.5. The van der Waals surface area contributed by atoms with Crippen LogP contribution in [0.25, 0.3) is 5.57 Å². The molecular weight excluding hydrogens is 305 g/mol. The third-order valence-electron chi connectivity index (χ3n) is 3.08. The second-order valence-electron chi connectivity index (χ2n) is 4.46. The summed E-state index contributed by atoms with van der Waals surface area (Å²) in [6.07, 6.45) is 0. The first kappa shape index (κ1) is 15.3. The Kier molecular flexibility index (Phi) is 4.80. The molecule has 0 amide bonds. The molecule has 0 N–H and O–H groups in total. The summed E-state index contributed by atoms with van der Waals surface area (Å²) < 4.78 is 0. The number of nitrogens with zero attached hydrogens (tertiary/aromatic N) is 1. The van der Waals surface area contributed by atoms with E-state index in [2.05, 4.69) is 0 Å². The molecule has 0 spiro atoms. The van der Waals surface area contributed by atoms with Crippen LogP contribution >= 0.6 is 23.2 Å². The summed E-state index contributed by atoms with van der Waals surface area (Å²) in [7, 11) is 0. The molecule has 4 heteroatoms. The monoisotopic (exact) mass is 315 g/mol. The molecule has 0 bridgehead atoms. The molecule has 2 aromatic carbocycles. The minimum atomic E-state index is -0.327. The van der Waals surface area contributed by atoms with Crippen molar-refractivity contribution in [1.29, 1.82) is 5.26 Å². The number of halogens is 2. The molecule has 0 aliphatic heterocycles. The van der Waals surface area contributed by atoms with E-state index < -0.39 is 0 Å². The number of nitriles is 1. The zero-order valence-corrected chi connectivity index (χ0v) is 12.7. The average molecular weight is 316 g/mol. The quantitative estimate of drug-likeness (QED) is 0.445. The van der Waals surface area contributed by atoms with E-state index in [1.807, 2.05) is 12.1 Å². The Labute approximate surface area is 133 Å². The average Bonchev–Trinajstić information content (AvgIpc) is 2.48. The van der Waals surface area contributed by atoms with E-state index in [1.54, 1.807) is 49.4 Å². The minimum absolute atomic E-state index is 0.0968. The van der Waals surface area contributed by atoms with Crippen molar-refractivity contribution in [2.24, 2.45) is 0 Å². The Morgan fingerprint density at radius 2 is 1.67 bits per heavy atom. The molecule has 21 heavy (non-hydrogen) atoms. The summed E-state index contributed by atoms with van der Waals surface area (Å²) in [5, 5.41) is 10.4. The lowest BCUT2D eigenvalue weighted by Crippen LogP contribution is -2.04. The van der Waals surface area contributed by atoms with Crippen LogP contribution in [-0.4, -0.2) is 5.78 Å². The molecule has 0 unspecified atom stereocenters. The molecule has 2 rings (SSSR count). The smallest absolute Gasteiger partial charge is 0.203 e. The first-order valence-electron chi connectivity index (χ1n) is 6.20. The number of hydrogen-bond donors (Lipinski definition) is 0. The number of carbonyl (C=O) groups excluding carboxylic acids is 1. The largest absolute Gasteiger partial charge is 0.288 e. The van der Waals surface area contributed by atoms with Crippen LogP contribution in [0.1, 0.15) is 22.8 Å². The zero-order valence-electron chi connectivity index (χ0n) is 11.2. The molecule has 0 atom stereocenters. The van der Waals surface area contributed by atoms with Gasteiger partial charge in [0.1, 0.15) is 11.6 Å². The van der Waals surface area contributed by atoms with Gasteiger partial charge in [0.25, 0.3) is 0 Å². The fourth-order valence-electron chi connectivity index (χ4n) is 1.92. The summed E-state index contributed by atoms with van der Waals surface area (Å²) in [4.78, 5) is 12.4. The Hall–Kier alpha value is -2.08. The number of carbonyl (C=O) groups is 1. The number of ketones is 1. The van der Waals surface area contributed by atoms with Crippen LogP contribution < -0.4 is 0 Å². The molecule has 0 fully saturated rings. The van der Waals surface area contributed by atoms with E-state index in [0.29, 0.717) is 21.2 Å². The van der Waals surface area contributed by atoms with E-state index >= 15 is 0 Å². The maximum atomic E-state index is 12.4. The van der Waals surface area contributed by atoms with Crippen LogP contribution in [0.4, 0.5) is 0 Å². The van der Waals surface area contributed by atoms with Gasteiger partial charge in [0.15, 0.2) is 0 Å². The van der Waals surface area contributed by atoms with E-state index in [9.17, 15) is 10.1 Å². The van der Waals surface area contributed by atoms with Gasteiger partial charge in [-0.1, -0.05) is 35.3 Å². The lowest BCUT2D eigenvalue weighted by atomic mass is 9.96. The molecule has 0 aromatic heterocycles. The SMILES string of the molecule is C/C(=C(\C#N)C(=O)c1ccc(Cl)cc1)c1cccc(Cl)c1. The zero-order chi connectivity index (χ0) is 15.4. The first-order chi connectivity index (χ1) is 10.0. The molecule has 0 radical (unpaired) electrons. The van der Waals surface area contributed by atoms with Gasteiger partial charge in [-0.05, 0) is 54.5 Å². The van der Waals surface area contributed by atoms with Crippen LogP contribution in [0, 0.1) is 11.3 Å². The van der Waals surface area contributed by atoms with Crippen LogP contribution in [-0.2, 0) is 0 Å². The van der Waals surface area contributed by atoms with Crippen molar-refractivity contribution in [1.82, 2.24) is 0 Å². The van der Waals surface area contributed by atoms with Gasteiger partial charge in [0, 0.05) is 15.6 Å². The summed E-state index contributed by atoms with van der Waals surface area (Å²) in [5.74, 6) is -0.327. The Bertz CT molecular complexity index is 755. The third kappa shape index (κ3) is 3.52. The molecule has 0 saturated carbocycles.